The molecule has 0 aliphatic carbocycles. The van der Waals surface area contributed by atoms with E-state index in [9.17, 15) is 35.9 Å². The summed E-state index contributed by atoms with van der Waals surface area (Å²) < 4.78 is 84.6. The fraction of sp³-hybridized carbons (Fsp3) is 0.294. The summed E-state index contributed by atoms with van der Waals surface area (Å²) in [6, 6.07) is 6.27. The Balaban J connectivity index is 2.49. The highest BCUT2D eigenvalue weighted by atomic mass is 19.4. The van der Waals surface area contributed by atoms with Crippen molar-refractivity contribution in [2.24, 2.45) is 19.1 Å². The summed E-state index contributed by atoms with van der Waals surface area (Å²) in [5.74, 6) is -1.85. The van der Waals surface area contributed by atoms with E-state index >= 15 is 0 Å². The van der Waals surface area contributed by atoms with Crippen LogP contribution < -0.4 is 16.6 Å². The lowest BCUT2D eigenvalue weighted by Gasteiger charge is -2.38. The van der Waals surface area contributed by atoms with Gasteiger partial charge in [0, 0.05) is 19.7 Å². The molecule has 0 amide bonds. The van der Waals surface area contributed by atoms with Gasteiger partial charge in [0.25, 0.3) is 11.1 Å². The number of hydrogen-bond donors (Lipinski definition) is 1. The third kappa shape index (κ3) is 2.78. The number of benzene rings is 1. The van der Waals surface area contributed by atoms with Crippen LogP contribution in [0.3, 0.4) is 0 Å². The minimum Gasteiger partial charge on any atom is -0.326 e. The van der Waals surface area contributed by atoms with Crippen molar-refractivity contribution in [3.05, 3.63) is 61.8 Å². The first-order chi connectivity index (χ1) is 13.8. The molecule has 30 heavy (non-hydrogen) atoms. The lowest BCUT2D eigenvalue weighted by atomic mass is 9.87. The van der Waals surface area contributed by atoms with Crippen LogP contribution >= 0.6 is 0 Å². The fourth-order valence-corrected chi connectivity index (χ4v) is 3.09. The third-order valence-corrected chi connectivity index (χ3v) is 4.65. The standard InChI is InChI=1S/C17H11F6N5O2/c1-27-12-10(13(29)28(2)14(27)30)15(16(18,19)20,17(21,22)23)26-11(25-12)9-5-3-8(7-24)4-6-9/h3-6H,1-2H3,(H,25,26). The number of nitriles is 1. The van der Waals surface area contributed by atoms with E-state index in [1.165, 1.54) is 12.1 Å². The molecule has 2 heterocycles. The molecule has 0 radical (unpaired) electrons. The highest BCUT2D eigenvalue weighted by Crippen LogP contribution is 2.55. The second kappa shape index (κ2) is 6.48. The predicted molar refractivity (Wildman–Crippen MR) is 92.0 cm³/mol. The topological polar surface area (TPSA) is 92.2 Å². The highest BCUT2D eigenvalue weighted by Gasteiger charge is 2.75. The number of hydrogen-bond acceptors (Lipinski definition) is 5. The van der Waals surface area contributed by atoms with E-state index in [2.05, 4.69) is 10.3 Å². The summed E-state index contributed by atoms with van der Waals surface area (Å²) in [5, 5.41) is 11.1. The van der Waals surface area contributed by atoms with Crippen LogP contribution in [0, 0.1) is 11.3 Å². The molecule has 13 heteroatoms. The average molecular weight is 431 g/mol. The zero-order valence-corrected chi connectivity index (χ0v) is 15.2. The van der Waals surface area contributed by atoms with Crippen LogP contribution in [0.25, 0.3) is 0 Å². The van der Waals surface area contributed by atoms with Crippen molar-refractivity contribution in [2.45, 2.75) is 17.9 Å². The minimum atomic E-state index is -6.07. The zero-order chi connectivity index (χ0) is 22.6. The molecule has 2 aromatic rings. The van der Waals surface area contributed by atoms with Crippen LogP contribution in [0.15, 0.2) is 38.8 Å². The molecule has 0 spiro atoms. The van der Waals surface area contributed by atoms with Gasteiger partial charge in [-0.05, 0) is 24.3 Å². The molecule has 1 N–H and O–H groups in total. The molecule has 7 nitrogen and oxygen atoms in total. The number of amidine groups is 1. The summed E-state index contributed by atoms with van der Waals surface area (Å²) in [7, 11) is 1.69. The van der Waals surface area contributed by atoms with E-state index in [0.29, 0.717) is 4.57 Å². The highest BCUT2D eigenvalue weighted by molar-refractivity contribution is 6.09. The number of alkyl halides is 6. The van der Waals surface area contributed by atoms with Crippen molar-refractivity contribution >= 4 is 11.7 Å². The Bertz CT molecular complexity index is 1200. The van der Waals surface area contributed by atoms with Crippen LogP contribution in [0.2, 0.25) is 0 Å². The van der Waals surface area contributed by atoms with Crippen molar-refractivity contribution in [3.8, 4) is 6.07 Å². The Hall–Kier alpha value is -3.56. The molecule has 0 saturated carbocycles. The molecule has 1 aliphatic heterocycles. The molecule has 158 valence electrons. The number of rotatable bonds is 1. The smallest absolute Gasteiger partial charge is 0.326 e. The maximum absolute atomic E-state index is 14.0. The maximum Gasteiger partial charge on any atom is 0.427 e. The Morgan fingerprint density at radius 2 is 1.53 bits per heavy atom. The summed E-state index contributed by atoms with van der Waals surface area (Å²) in [6.45, 7) is 0. The Labute approximate surface area is 163 Å². The fourth-order valence-electron chi connectivity index (χ4n) is 3.09. The molecule has 0 unspecified atom stereocenters. The first-order valence-corrected chi connectivity index (χ1v) is 8.07. The van der Waals surface area contributed by atoms with Gasteiger partial charge in [-0.25, -0.2) is 9.79 Å². The van der Waals surface area contributed by atoms with Gasteiger partial charge in [0.2, 0.25) is 0 Å². The molecular formula is C17H11F6N5O2. The van der Waals surface area contributed by atoms with Gasteiger partial charge in [-0.1, -0.05) is 0 Å². The van der Waals surface area contributed by atoms with Gasteiger partial charge in [-0.3, -0.25) is 13.9 Å². The lowest BCUT2D eigenvalue weighted by molar-refractivity contribution is -0.301. The second-order valence-electron chi connectivity index (χ2n) is 6.41. The minimum absolute atomic E-state index is 0.106. The van der Waals surface area contributed by atoms with Crippen LogP contribution in [0.1, 0.15) is 16.7 Å². The largest absolute Gasteiger partial charge is 0.427 e. The van der Waals surface area contributed by atoms with Gasteiger partial charge in [0.05, 0.1) is 11.6 Å². The van der Waals surface area contributed by atoms with Crippen LogP contribution in [0.4, 0.5) is 32.2 Å². The van der Waals surface area contributed by atoms with E-state index in [4.69, 9.17) is 5.26 Å². The number of aromatic nitrogens is 2. The molecule has 1 aromatic heterocycles. The van der Waals surface area contributed by atoms with Crippen LogP contribution in [-0.4, -0.2) is 27.3 Å². The van der Waals surface area contributed by atoms with Gasteiger partial charge >= 0.3 is 18.0 Å². The Morgan fingerprint density at radius 1 is 1.00 bits per heavy atom. The maximum atomic E-state index is 14.0. The Morgan fingerprint density at radius 3 is 2.00 bits per heavy atom. The number of anilines is 1. The van der Waals surface area contributed by atoms with E-state index < -0.39 is 46.4 Å². The first-order valence-electron chi connectivity index (χ1n) is 8.07. The number of nitrogens with one attached hydrogen (secondary N) is 1. The Kier molecular flexibility index (Phi) is 4.57. The summed E-state index contributed by atoms with van der Waals surface area (Å²) in [5.41, 5.74) is -9.70. The number of halogens is 6. The number of fused-ring (bicyclic) bond motifs is 1. The first kappa shape index (κ1) is 21.2. The summed E-state index contributed by atoms with van der Waals surface area (Å²) in [6.07, 6.45) is -12.1. The van der Waals surface area contributed by atoms with Crippen LogP contribution in [-0.2, 0) is 19.6 Å². The monoisotopic (exact) mass is 431 g/mol. The molecule has 0 fully saturated rings. The zero-order valence-electron chi connectivity index (χ0n) is 15.2. The van der Waals surface area contributed by atoms with E-state index in [-0.39, 0.29) is 15.7 Å². The van der Waals surface area contributed by atoms with Crippen molar-refractivity contribution in [2.75, 3.05) is 5.32 Å². The molecule has 0 atom stereocenters. The van der Waals surface area contributed by atoms with E-state index in [0.717, 1.165) is 26.2 Å². The molecule has 0 saturated heterocycles. The van der Waals surface area contributed by atoms with Crippen LogP contribution in [0.5, 0.6) is 0 Å². The third-order valence-electron chi connectivity index (χ3n) is 4.65. The SMILES string of the molecule is Cn1c2c(c(=O)n(C)c1=O)C(C(F)(F)F)(C(F)(F)F)N=C(c1ccc(C#N)cc1)N2. The number of nitrogens with zero attached hydrogens (tertiary/aromatic N) is 4. The van der Waals surface area contributed by atoms with Gasteiger partial charge < -0.3 is 5.32 Å². The van der Waals surface area contributed by atoms with Crippen molar-refractivity contribution in [1.29, 1.82) is 5.26 Å². The average Bonchev–Trinajstić information content (AvgIpc) is 2.68. The molecule has 0 bridgehead atoms. The van der Waals surface area contributed by atoms with Crippen molar-refractivity contribution in [3.63, 3.8) is 0 Å². The quantitative estimate of drug-likeness (QED) is 0.701. The van der Waals surface area contributed by atoms with Gasteiger partial charge in [-0.15, -0.1) is 0 Å². The predicted octanol–water partition coefficient (Wildman–Crippen LogP) is 2.15. The van der Waals surface area contributed by atoms with Gasteiger partial charge in [0.15, 0.2) is 0 Å². The van der Waals surface area contributed by atoms with Crippen molar-refractivity contribution in [1.82, 2.24) is 9.13 Å². The lowest BCUT2D eigenvalue weighted by Crippen LogP contribution is -2.60. The molecular weight excluding hydrogens is 420 g/mol. The van der Waals surface area contributed by atoms with E-state index in [1.807, 2.05) is 0 Å². The van der Waals surface area contributed by atoms with Gasteiger partial charge in [-0.2, -0.15) is 31.6 Å². The number of aliphatic imine (C=N–C) groups is 1. The van der Waals surface area contributed by atoms with E-state index in [1.54, 1.807) is 6.07 Å². The summed E-state index contributed by atoms with van der Waals surface area (Å²) in [4.78, 5) is 27.5. The molecule has 1 aliphatic rings. The summed E-state index contributed by atoms with van der Waals surface area (Å²) >= 11 is 0. The second-order valence-corrected chi connectivity index (χ2v) is 6.41. The normalized spacial score (nSPS) is 15.6. The molecule has 1 aromatic carbocycles. The van der Waals surface area contributed by atoms with Crippen molar-refractivity contribution < 1.29 is 26.3 Å². The molecule has 3 rings (SSSR count). The van der Waals surface area contributed by atoms with Gasteiger partial charge in [0.1, 0.15) is 17.2 Å².